The lowest BCUT2D eigenvalue weighted by molar-refractivity contribution is -0.134. The average molecular weight is 648 g/mol. The number of rotatable bonds is 7. The third-order valence-corrected chi connectivity index (χ3v) is 8.23. The van der Waals surface area contributed by atoms with Crippen LogP contribution in [0.2, 0.25) is 0 Å². The van der Waals surface area contributed by atoms with Crippen molar-refractivity contribution in [2.75, 3.05) is 56.3 Å². The first-order chi connectivity index (χ1) is 22.7. The zero-order valence-corrected chi connectivity index (χ0v) is 26.3. The molecule has 47 heavy (non-hydrogen) atoms. The van der Waals surface area contributed by atoms with Gasteiger partial charge in [-0.15, -0.1) is 0 Å². The van der Waals surface area contributed by atoms with Crippen LogP contribution in [0.15, 0.2) is 54.6 Å². The molecule has 3 aliphatic rings. The Balaban J connectivity index is 1.18. The molecule has 0 saturated carbocycles. The number of urea groups is 2. The maximum absolute atomic E-state index is 13.6. The largest absolute Gasteiger partial charge is 0.488 e. The highest BCUT2D eigenvalue weighted by Crippen LogP contribution is 2.36. The molecule has 0 bridgehead atoms. The fourth-order valence-electron chi connectivity index (χ4n) is 5.54. The third kappa shape index (κ3) is 7.22. The van der Waals surface area contributed by atoms with E-state index in [4.69, 9.17) is 23.7 Å². The number of ether oxygens (including phenoxy) is 5. The van der Waals surface area contributed by atoms with Gasteiger partial charge in [0.25, 0.3) is 0 Å². The molecule has 0 spiro atoms. The van der Waals surface area contributed by atoms with Gasteiger partial charge in [0.15, 0.2) is 23.0 Å². The molecule has 5 amide bonds. The predicted molar refractivity (Wildman–Crippen MR) is 171 cm³/mol. The molecule has 0 saturated heterocycles. The predicted octanol–water partition coefficient (Wildman–Crippen LogP) is 4.10. The van der Waals surface area contributed by atoms with Crippen molar-refractivity contribution in [2.24, 2.45) is 5.92 Å². The number of aliphatic hydroxyl groups excluding tert-OH is 1. The van der Waals surface area contributed by atoms with Crippen LogP contribution in [0.4, 0.5) is 26.7 Å². The number of carbonyl (C=O) groups excluding carboxylic acids is 3. The first-order valence-electron chi connectivity index (χ1n) is 15.3. The van der Waals surface area contributed by atoms with Crippen LogP contribution in [-0.2, 0) is 11.2 Å². The van der Waals surface area contributed by atoms with Gasteiger partial charge < -0.3 is 54.5 Å². The summed E-state index contributed by atoms with van der Waals surface area (Å²) in [6.45, 7) is 4.27. The van der Waals surface area contributed by atoms with Crippen LogP contribution >= 0.6 is 0 Å². The maximum Gasteiger partial charge on any atom is 0.323 e. The Labute approximate surface area is 271 Å². The third-order valence-electron chi connectivity index (χ3n) is 8.23. The number of aliphatic hydroxyl groups is 1. The lowest BCUT2D eigenvalue weighted by Gasteiger charge is -2.34. The molecule has 3 heterocycles. The van der Waals surface area contributed by atoms with E-state index in [1.54, 1.807) is 73.5 Å². The number of anilines is 3. The van der Waals surface area contributed by atoms with Gasteiger partial charge in [0.05, 0.1) is 25.6 Å². The summed E-state index contributed by atoms with van der Waals surface area (Å²) in [5.41, 5.74) is 2.07. The molecule has 0 aromatic heterocycles. The number of likely N-dealkylation sites (N-methyl/N-ethyl adjacent to an activating group) is 1. The number of nitrogens with zero attached hydrogens (tertiary/aromatic N) is 2. The van der Waals surface area contributed by atoms with Crippen molar-refractivity contribution in [3.05, 3.63) is 60.2 Å². The number of hydrogen-bond donors (Lipinski definition) is 4. The first-order valence-corrected chi connectivity index (χ1v) is 15.3. The Morgan fingerprint density at radius 2 is 1.43 bits per heavy atom. The quantitative estimate of drug-likeness (QED) is 0.296. The van der Waals surface area contributed by atoms with Gasteiger partial charge >= 0.3 is 12.1 Å². The normalized spacial score (nSPS) is 18.6. The van der Waals surface area contributed by atoms with Crippen molar-refractivity contribution in [1.29, 1.82) is 0 Å². The second-order valence-electron chi connectivity index (χ2n) is 11.7. The molecular formula is C33H37N5O9. The Kier molecular flexibility index (Phi) is 9.11. The Morgan fingerprint density at radius 3 is 2.04 bits per heavy atom. The zero-order chi connectivity index (χ0) is 33.1. The average Bonchev–Trinajstić information content (AvgIpc) is 3.73. The van der Waals surface area contributed by atoms with Gasteiger partial charge in [-0.1, -0.05) is 6.92 Å². The van der Waals surface area contributed by atoms with E-state index < -0.39 is 18.2 Å². The minimum Gasteiger partial charge on any atom is -0.488 e. The molecule has 0 unspecified atom stereocenters. The Bertz CT molecular complexity index is 1670. The summed E-state index contributed by atoms with van der Waals surface area (Å²) in [4.78, 5) is 42.8. The van der Waals surface area contributed by atoms with Gasteiger partial charge in [-0.2, -0.15) is 0 Å². The number of benzene rings is 3. The summed E-state index contributed by atoms with van der Waals surface area (Å²) in [5, 5.41) is 18.4. The van der Waals surface area contributed by atoms with Crippen LogP contribution < -0.4 is 39.6 Å². The van der Waals surface area contributed by atoms with Gasteiger partial charge in [0.2, 0.25) is 19.5 Å². The van der Waals surface area contributed by atoms with E-state index in [9.17, 15) is 19.5 Å². The molecule has 248 valence electrons. The van der Waals surface area contributed by atoms with E-state index >= 15 is 0 Å². The second kappa shape index (κ2) is 13.5. The topological polar surface area (TPSA) is 160 Å². The van der Waals surface area contributed by atoms with Gasteiger partial charge in [0.1, 0.15) is 11.9 Å². The summed E-state index contributed by atoms with van der Waals surface area (Å²) >= 11 is 0. The summed E-state index contributed by atoms with van der Waals surface area (Å²) in [6.07, 6.45) is -0.535. The van der Waals surface area contributed by atoms with E-state index in [0.29, 0.717) is 57.9 Å². The second-order valence-corrected chi connectivity index (χ2v) is 11.7. The molecule has 4 N–H and O–H groups in total. The van der Waals surface area contributed by atoms with Crippen LogP contribution in [0.25, 0.3) is 0 Å². The van der Waals surface area contributed by atoms with Crippen LogP contribution in [0.1, 0.15) is 19.4 Å². The van der Waals surface area contributed by atoms with E-state index in [0.717, 1.165) is 0 Å². The lowest BCUT2D eigenvalue weighted by Crippen LogP contribution is -2.48. The fourth-order valence-corrected chi connectivity index (χ4v) is 5.54. The van der Waals surface area contributed by atoms with Crippen LogP contribution in [0, 0.1) is 5.92 Å². The van der Waals surface area contributed by atoms with Gasteiger partial charge in [-0.05, 0) is 49.4 Å². The number of carbonyl (C=O) groups is 3. The fraction of sp³-hybridized carbons (Fsp3) is 0.364. The highest BCUT2D eigenvalue weighted by Gasteiger charge is 2.32. The lowest BCUT2D eigenvalue weighted by atomic mass is 10.0. The SMILES string of the molecule is C[C@@H]1CN([C@H](C)CO)C(=O)Cc2cc(NC(=O)Nc3ccc4c(c3)OCO4)ccc2O[C@@H]1CN(C)C(=O)Nc1ccc2c(c1)OCO2. The minimum atomic E-state index is -0.520. The number of amides is 5. The molecule has 6 rings (SSSR count). The van der Waals surface area contributed by atoms with Crippen molar-refractivity contribution in [3.63, 3.8) is 0 Å². The highest BCUT2D eigenvalue weighted by atomic mass is 16.7. The standard InChI is InChI=1S/C33H37N5O9/c1-19-14-38(20(2)16-39)31(40)11-21-10-22(34-32(41)35-23-5-8-26-28(12-23)45-17-43-26)4-7-25(21)47-30(19)15-37(3)33(42)36-24-6-9-27-29(13-24)46-18-44-27/h4-10,12-13,19-20,30,39H,11,14-18H2,1-3H3,(H,36,42)(H2,34,35,41)/t19-,20-,30-/m1/s1. The van der Waals surface area contributed by atoms with Gasteiger partial charge in [-0.25, -0.2) is 9.59 Å². The molecule has 0 radical (unpaired) electrons. The van der Waals surface area contributed by atoms with E-state index in [1.807, 2.05) is 6.92 Å². The monoisotopic (exact) mass is 647 g/mol. The van der Waals surface area contributed by atoms with Crippen molar-refractivity contribution < 1.29 is 43.2 Å². The van der Waals surface area contributed by atoms with Crippen molar-refractivity contribution >= 4 is 35.0 Å². The van der Waals surface area contributed by atoms with E-state index in [1.165, 1.54) is 4.90 Å². The van der Waals surface area contributed by atoms with Crippen LogP contribution in [0.3, 0.4) is 0 Å². The van der Waals surface area contributed by atoms with Crippen molar-refractivity contribution in [3.8, 4) is 28.7 Å². The Morgan fingerprint density at radius 1 is 0.872 bits per heavy atom. The molecule has 14 nitrogen and oxygen atoms in total. The maximum atomic E-state index is 13.6. The molecule has 3 aromatic carbocycles. The minimum absolute atomic E-state index is 0.0150. The molecular weight excluding hydrogens is 610 g/mol. The highest BCUT2D eigenvalue weighted by molar-refractivity contribution is 6.00. The summed E-state index contributed by atoms with van der Waals surface area (Å²) in [7, 11) is 1.66. The number of nitrogens with one attached hydrogen (secondary N) is 3. The Hall–Kier alpha value is -5.37. The summed E-state index contributed by atoms with van der Waals surface area (Å²) in [5.74, 6) is 2.36. The molecule has 0 aliphatic carbocycles. The smallest absolute Gasteiger partial charge is 0.323 e. The van der Waals surface area contributed by atoms with Crippen molar-refractivity contribution in [1.82, 2.24) is 9.80 Å². The molecule has 0 fully saturated rings. The molecule has 3 atom stereocenters. The van der Waals surface area contributed by atoms with E-state index in [-0.39, 0.29) is 51.0 Å². The molecule has 3 aliphatic heterocycles. The number of fused-ring (bicyclic) bond motifs is 3. The first kappa shape index (κ1) is 31.6. The van der Waals surface area contributed by atoms with E-state index in [2.05, 4.69) is 16.0 Å². The zero-order valence-electron chi connectivity index (χ0n) is 26.3. The van der Waals surface area contributed by atoms with Gasteiger partial charge in [0, 0.05) is 54.3 Å². The van der Waals surface area contributed by atoms with Gasteiger partial charge in [-0.3, -0.25) is 4.79 Å². The summed E-state index contributed by atoms with van der Waals surface area (Å²) in [6, 6.07) is 14.0. The van der Waals surface area contributed by atoms with Crippen molar-refractivity contribution in [2.45, 2.75) is 32.4 Å². The molecule has 14 heteroatoms. The number of hydrogen-bond acceptors (Lipinski definition) is 9. The molecule has 3 aromatic rings. The van der Waals surface area contributed by atoms with Crippen LogP contribution in [-0.4, -0.2) is 85.4 Å². The van der Waals surface area contributed by atoms with Crippen LogP contribution in [0.5, 0.6) is 28.7 Å². The summed E-state index contributed by atoms with van der Waals surface area (Å²) < 4.78 is 28.0.